The number of carbonyl (C=O) groups excluding carboxylic acids is 1. The molecule has 1 saturated heterocycles. The summed E-state index contributed by atoms with van der Waals surface area (Å²) in [5.74, 6) is 0.561. The van der Waals surface area contributed by atoms with Gasteiger partial charge in [0.15, 0.2) is 0 Å². The number of nitrogens with one attached hydrogen (secondary N) is 2. The number of hydrogen-bond donors (Lipinski definition) is 2. The Balaban J connectivity index is 1.55. The van der Waals surface area contributed by atoms with Crippen LogP contribution in [0.5, 0.6) is 5.75 Å². The summed E-state index contributed by atoms with van der Waals surface area (Å²) in [5.41, 5.74) is 0.904. The monoisotopic (exact) mass is 275 g/mol. The zero-order valence-electron chi connectivity index (χ0n) is 11.8. The van der Waals surface area contributed by atoms with E-state index < -0.39 is 0 Å². The lowest BCUT2D eigenvalue weighted by Gasteiger charge is -2.50. The average Bonchev–Trinajstić information content (AvgIpc) is 2.46. The van der Waals surface area contributed by atoms with Gasteiger partial charge >= 0.3 is 0 Å². The molecule has 5 heteroatoms. The van der Waals surface area contributed by atoms with Crippen molar-refractivity contribution in [3.63, 3.8) is 0 Å². The highest BCUT2D eigenvalue weighted by atomic mass is 16.5. The molecule has 1 amide bonds. The summed E-state index contributed by atoms with van der Waals surface area (Å²) >= 11 is 0. The van der Waals surface area contributed by atoms with Crippen LogP contribution in [-0.4, -0.2) is 37.1 Å². The highest BCUT2D eigenvalue weighted by Gasteiger charge is 2.45. The zero-order valence-corrected chi connectivity index (χ0v) is 11.8. The molecule has 1 saturated carbocycles. The van der Waals surface area contributed by atoms with Crippen LogP contribution in [0.1, 0.15) is 36.2 Å². The smallest absolute Gasteiger partial charge is 0.270 e. The quantitative estimate of drug-likeness (QED) is 0.874. The van der Waals surface area contributed by atoms with Crippen LogP contribution in [0.25, 0.3) is 0 Å². The van der Waals surface area contributed by atoms with Crippen LogP contribution in [-0.2, 0) is 0 Å². The molecule has 1 spiro atoms. The summed E-state index contributed by atoms with van der Waals surface area (Å²) < 4.78 is 5.11. The standard InChI is InChI=1S/C15H21N3O2/c1-20-12-2-5-17-13(8-12)14(19)18-11-9-15(10-11)3-6-16-7-4-15/h2,5,8,11,16H,3-4,6-7,9-10H2,1H3,(H,18,19). The topological polar surface area (TPSA) is 63.2 Å². The Hall–Kier alpha value is -1.62. The Labute approximate surface area is 119 Å². The molecule has 2 N–H and O–H groups in total. The molecule has 20 heavy (non-hydrogen) atoms. The van der Waals surface area contributed by atoms with E-state index in [1.807, 2.05) is 0 Å². The molecule has 2 aliphatic rings. The van der Waals surface area contributed by atoms with Gasteiger partial charge in [0.1, 0.15) is 11.4 Å². The lowest BCUT2D eigenvalue weighted by Crippen LogP contribution is -2.54. The predicted molar refractivity (Wildman–Crippen MR) is 75.8 cm³/mol. The summed E-state index contributed by atoms with van der Waals surface area (Å²) in [6.45, 7) is 2.22. The molecular weight excluding hydrogens is 254 g/mol. The maximum atomic E-state index is 12.1. The van der Waals surface area contributed by atoms with E-state index in [0.29, 0.717) is 22.9 Å². The van der Waals surface area contributed by atoms with Gasteiger partial charge in [-0.3, -0.25) is 9.78 Å². The van der Waals surface area contributed by atoms with E-state index in [2.05, 4.69) is 15.6 Å². The molecule has 0 aromatic carbocycles. The number of methoxy groups -OCH3 is 1. The fourth-order valence-corrected chi connectivity index (χ4v) is 3.37. The zero-order chi connectivity index (χ0) is 14.0. The number of hydrogen-bond acceptors (Lipinski definition) is 4. The highest BCUT2D eigenvalue weighted by molar-refractivity contribution is 5.92. The summed E-state index contributed by atoms with van der Waals surface area (Å²) in [6.07, 6.45) is 6.27. The molecule has 1 aliphatic heterocycles. The number of aromatic nitrogens is 1. The minimum atomic E-state index is -0.0994. The summed E-state index contributed by atoms with van der Waals surface area (Å²) in [5, 5.41) is 6.47. The highest BCUT2D eigenvalue weighted by Crippen LogP contribution is 2.47. The summed E-state index contributed by atoms with van der Waals surface area (Å²) in [6, 6.07) is 3.71. The van der Waals surface area contributed by atoms with Gasteiger partial charge in [0.25, 0.3) is 5.91 Å². The van der Waals surface area contributed by atoms with Crippen LogP contribution in [0.3, 0.4) is 0 Å². The SMILES string of the molecule is COc1ccnc(C(=O)NC2CC3(CCNCC3)C2)c1. The second-order valence-corrected chi connectivity index (χ2v) is 5.91. The first-order valence-corrected chi connectivity index (χ1v) is 7.22. The summed E-state index contributed by atoms with van der Waals surface area (Å²) in [4.78, 5) is 16.2. The van der Waals surface area contributed by atoms with Gasteiger partial charge in [-0.15, -0.1) is 0 Å². The van der Waals surface area contributed by atoms with Gasteiger partial charge in [0, 0.05) is 18.3 Å². The van der Waals surface area contributed by atoms with Crippen LogP contribution >= 0.6 is 0 Å². The third-order valence-electron chi connectivity index (χ3n) is 4.56. The van der Waals surface area contributed by atoms with E-state index in [0.717, 1.165) is 25.9 Å². The molecule has 0 radical (unpaired) electrons. The Morgan fingerprint density at radius 3 is 2.90 bits per heavy atom. The lowest BCUT2D eigenvalue weighted by atomic mass is 9.60. The molecular formula is C15H21N3O2. The first-order valence-electron chi connectivity index (χ1n) is 7.22. The van der Waals surface area contributed by atoms with Crippen molar-refractivity contribution in [3.05, 3.63) is 24.0 Å². The molecule has 0 atom stereocenters. The van der Waals surface area contributed by atoms with Gasteiger partial charge in [0.2, 0.25) is 0 Å². The molecule has 3 rings (SSSR count). The Bertz CT molecular complexity index is 490. The molecule has 5 nitrogen and oxygen atoms in total. The number of piperidine rings is 1. The second-order valence-electron chi connectivity index (χ2n) is 5.91. The van der Waals surface area contributed by atoms with Crippen molar-refractivity contribution in [1.82, 2.24) is 15.6 Å². The number of ether oxygens (including phenoxy) is 1. The van der Waals surface area contributed by atoms with E-state index in [9.17, 15) is 4.79 Å². The molecule has 0 unspecified atom stereocenters. The van der Waals surface area contributed by atoms with Crippen LogP contribution in [0.4, 0.5) is 0 Å². The number of amides is 1. The minimum Gasteiger partial charge on any atom is -0.497 e. The van der Waals surface area contributed by atoms with Crippen molar-refractivity contribution in [1.29, 1.82) is 0 Å². The van der Waals surface area contributed by atoms with Gasteiger partial charge in [0.05, 0.1) is 7.11 Å². The van der Waals surface area contributed by atoms with E-state index in [1.54, 1.807) is 25.4 Å². The Morgan fingerprint density at radius 2 is 2.20 bits per heavy atom. The van der Waals surface area contributed by atoms with Crippen molar-refractivity contribution in [2.75, 3.05) is 20.2 Å². The maximum absolute atomic E-state index is 12.1. The third kappa shape index (κ3) is 2.63. The predicted octanol–water partition coefficient (Wildman–Crippen LogP) is 1.35. The Kier molecular flexibility index (Phi) is 3.61. The maximum Gasteiger partial charge on any atom is 0.270 e. The largest absolute Gasteiger partial charge is 0.497 e. The first kappa shape index (κ1) is 13.4. The number of carbonyl (C=O) groups is 1. The van der Waals surface area contributed by atoms with Crippen molar-refractivity contribution >= 4 is 5.91 Å². The molecule has 2 fully saturated rings. The van der Waals surface area contributed by atoms with Crippen LogP contribution in [0.2, 0.25) is 0 Å². The average molecular weight is 275 g/mol. The molecule has 108 valence electrons. The molecule has 1 aliphatic carbocycles. The lowest BCUT2D eigenvalue weighted by molar-refractivity contribution is 0.0421. The van der Waals surface area contributed by atoms with E-state index >= 15 is 0 Å². The molecule has 1 aromatic heterocycles. The van der Waals surface area contributed by atoms with E-state index in [-0.39, 0.29) is 5.91 Å². The number of rotatable bonds is 3. The summed E-state index contributed by atoms with van der Waals surface area (Å²) in [7, 11) is 1.59. The van der Waals surface area contributed by atoms with Crippen molar-refractivity contribution in [2.24, 2.45) is 5.41 Å². The van der Waals surface area contributed by atoms with Crippen molar-refractivity contribution in [2.45, 2.75) is 31.7 Å². The fraction of sp³-hybridized carbons (Fsp3) is 0.600. The van der Waals surface area contributed by atoms with Crippen LogP contribution < -0.4 is 15.4 Å². The minimum absolute atomic E-state index is 0.0994. The third-order valence-corrected chi connectivity index (χ3v) is 4.56. The molecule has 1 aromatic rings. The second kappa shape index (κ2) is 5.40. The van der Waals surface area contributed by atoms with Crippen molar-refractivity contribution in [3.8, 4) is 5.75 Å². The van der Waals surface area contributed by atoms with Gasteiger partial charge in [-0.1, -0.05) is 0 Å². The normalized spacial score (nSPS) is 21.2. The number of nitrogens with zero attached hydrogens (tertiary/aromatic N) is 1. The van der Waals surface area contributed by atoms with Gasteiger partial charge in [-0.2, -0.15) is 0 Å². The van der Waals surface area contributed by atoms with Crippen molar-refractivity contribution < 1.29 is 9.53 Å². The van der Waals surface area contributed by atoms with Crippen LogP contribution in [0.15, 0.2) is 18.3 Å². The fourth-order valence-electron chi connectivity index (χ4n) is 3.37. The molecule has 2 heterocycles. The number of pyridine rings is 1. The Morgan fingerprint density at radius 1 is 1.45 bits per heavy atom. The van der Waals surface area contributed by atoms with Gasteiger partial charge in [-0.05, 0) is 50.3 Å². The van der Waals surface area contributed by atoms with E-state index in [1.165, 1.54) is 12.8 Å². The van der Waals surface area contributed by atoms with E-state index in [4.69, 9.17) is 4.74 Å². The van der Waals surface area contributed by atoms with Gasteiger partial charge < -0.3 is 15.4 Å². The first-order chi connectivity index (χ1) is 9.71. The molecule has 0 bridgehead atoms. The van der Waals surface area contributed by atoms with Gasteiger partial charge in [-0.25, -0.2) is 0 Å². The van der Waals surface area contributed by atoms with Crippen LogP contribution in [0, 0.1) is 5.41 Å².